The van der Waals surface area contributed by atoms with E-state index in [0.29, 0.717) is 23.7 Å². The van der Waals surface area contributed by atoms with Crippen LogP contribution in [0.1, 0.15) is 180 Å². The number of alkyl halides is 2. The van der Waals surface area contributed by atoms with Crippen molar-refractivity contribution in [1.29, 1.82) is 0 Å². The molecule has 0 saturated heterocycles. The summed E-state index contributed by atoms with van der Waals surface area (Å²) >= 11 is 7.36. The van der Waals surface area contributed by atoms with E-state index in [9.17, 15) is 0 Å². The van der Waals surface area contributed by atoms with E-state index in [1.54, 1.807) is 0 Å². The first-order valence-electron chi connectivity index (χ1n) is 23.6. The summed E-state index contributed by atoms with van der Waals surface area (Å²) in [5.74, 6) is 5.98. The Bertz CT molecular complexity index is 1990. The fourth-order valence-corrected chi connectivity index (χ4v) is 12.3. The van der Waals surface area contributed by atoms with E-state index in [2.05, 4.69) is 80.4 Å². The molecule has 4 atom stereocenters. The molecule has 0 N–H and O–H groups in total. The number of hydrogen-bond acceptors (Lipinski definition) is 4. The topological polar surface area (TPSA) is 36.9 Å². The average molecular weight is 939 g/mol. The highest BCUT2D eigenvalue weighted by molar-refractivity contribution is 9.09. The van der Waals surface area contributed by atoms with Crippen LogP contribution in [0, 0.1) is 0 Å². The fourth-order valence-electron chi connectivity index (χ4n) is 11.5. The zero-order valence-corrected chi connectivity index (χ0v) is 39.5. The number of benzene rings is 4. The fraction of sp³-hybridized carbons (Fsp3) is 0.556. The van der Waals surface area contributed by atoms with Crippen molar-refractivity contribution in [3.05, 3.63) is 115 Å². The van der Waals surface area contributed by atoms with E-state index in [1.807, 2.05) is 14.2 Å². The highest BCUT2D eigenvalue weighted by atomic mass is 79.9. The van der Waals surface area contributed by atoms with Crippen LogP contribution in [-0.2, 0) is 38.5 Å². The minimum absolute atomic E-state index is 0.377. The summed E-state index contributed by atoms with van der Waals surface area (Å²) in [4.78, 5) is 0. The molecule has 2 saturated carbocycles. The van der Waals surface area contributed by atoms with Gasteiger partial charge in [-0.2, -0.15) is 0 Å². The van der Waals surface area contributed by atoms with E-state index < -0.39 is 0 Å². The highest BCUT2D eigenvalue weighted by Gasteiger charge is 2.41. The van der Waals surface area contributed by atoms with Crippen LogP contribution < -0.4 is 18.9 Å². The Balaban J connectivity index is 1.31. The van der Waals surface area contributed by atoms with Crippen LogP contribution in [0.4, 0.5) is 0 Å². The molecule has 2 fully saturated rings. The van der Waals surface area contributed by atoms with Crippen LogP contribution in [0.15, 0.2) is 48.5 Å². The normalized spacial score (nSPS) is 21.8. The van der Waals surface area contributed by atoms with Gasteiger partial charge in [0.25, 0.3) is 0 Å². The summed E-state index contributed by atoms with van der Waals surface area (Å²) in [7, 11) is 3.84. The van der Waals surface area contributed by atoms with Gasteiger partial charge in [0, 0.05) is 23.5 Å². The first-order valence-corrected chi connectivity index (χ1v) is 25.9. The van der Waals surface area contributed by atoms with Gasteiger partial charge >= 0.3 is 0 Å². The number of unbranched alkanes of at least 4 members (excludes halogenated alkanes) is 2. The number of aryl methyl sites for hydroxylation is 4. The van der Waals surface area contributed by atoms with Gasteiger partial charge < -0.3 is 18.9 Å². The van der Waals surface area contributed by atoms with Crippen molar-refractivity contribution in [2.45, 2.75) is 152 Å². The number of methoxy groups -OCH3 is 2. The Hall–Kier alpha value is -2.96. The van der Waals surface area contributed by atoms with Gasteiger partial charge in [-0.25, -0.2) is 0 Å². The SMILES string of the molecule is COc1c2cc3cc1[C@H]1CC[C@H]1c1cc(cc(c1OCCCCBr)Cc1cc4cc(c1OC)[C@H]1CC[C@H]1c1cc(cc(c1OCCCCBr)C2)CCCCC4)CCCCC3. The van der Waals surface area contributed by atoms with E-state index in [0.717, 1.165) is 137 Å². The van der Waals surface area contributed by atoms with Crippen LogP contribution in [0.2, 0.25) is 0 Å². The second-order valence-electron chi connectivity index (χ2n) is 18.6. The van der Waals surface area contributed by atoms with Gasteiger partial charge in [0.2, 0.25) is 0 Å². The predicted octanol–water partition coefficient (Wildman–Crippen LogP) is 14.2. The summed E-state index contributed by atoms with van der Waals surface area (Å²) in [6.07, 6.45) is 22.2. The Morgan fingerprint density at radius 1 is 0.417 bits per heavy atom. The number of ether oxygens (including phenoxy) is 4. The lowest BCUT2D eigenvalue weighted by Crippen LogP contribution is -2.25. The number of rotatable bonds is 12. The molecule has 5 aliphatic carbocycles. The van der Waals surface area contributed by atoms with Gasteiger partial charge in [-0.05, 0) is 193 Å². The Morgan fingerprint density at radius 3 is 1.03 bits per heavy atom. The molecule has 0 spiro atoms. The molecular formula is C54H66Br2O4. The third-order valence-electron chi connectivity index (χ3n) is 14.7. The standard InChI is InChI=1S/C54H66Br2O4/c1-57-51-39-25-35-13-5-3-7-16-38-28-42(54(60-24-12-10-22-56)49(31-38)45-19-17-43(45)47(51)29-35)34-40-26-36-14-6-4-8-15-37-27-41(33-39)53(59-23-11-9-21-55)50(32-37)46-20-18-44(46)48(30-36)52(40)58-2/h25-32,43-46H,3-24,33-34H2,1-2H3/t43-,44-,45+,46+/m0/s1. The summed E-state index contributed by atoms with van der Waals surface area (Å²) in [5.41, 5.74) is 16.8. The van der Waals surface area contributed by atoms with Gasteiger partial charge in [0.05, 0.1) is 27.4 Å². The zero-order valence-electron chi connectivity index (χ0n) is 36.3. The lowest BCUT2D eigenvalue weighted by atomic mass is 9.64. The maximum absolute atomic E-state index is 7.10. The number of hydrogen-bond donors (Lipinski definition) is 0. The quantitative estimate of drug-likeness (QED) is 0.105. The van der Waals surface area contributed by atoms with Gasteiger partial charge in [-0.3, -0.25) is 0 Å². The van der Waals surface area contributed by atoms with Crippen molar-refractivity contribution in [3.8, 4) is 23.0 Å². The van der Waals surface area contributed by atoms with E-state index in [1.165, 1.54) is 105 Å². The largest absolute Gasteiger partial charge is 0.496 e. The Kier molecular flexibility index (Phi) is 13.8. The van der Waals surface area contributed by atoms with E-state index in [4.69, 9.17) is 18.9 Å². The molecule has 4 aromatic rings. The number of fused-ring (bicyclic) bond motifs is 8. The van der Waals surface area contributed by atoms with Crippen LogP contribution in [0.3, 0.4) is 0 Å². The molecule has 0 radical (unpaired) electrons. The molecule has 9 rings (SSSR count). The first kappa shape index (κ1) is 42.3. The third kappa shape index (κ3) is 8.81. The van der Waals surface area contributed by atoms with Gasteiger partial charge in [-0.15, -0.1) is 0 Å². The molecule has 0 heterocycles. The predicted molar refractivity (Wildman–Crippen MR) is 253 cm³/mol. The minimum atomic E-state index is 0.377. The lowest BCUT2D eigenvalue weighted by Gasteiger charge is -2.41. The number of halogens is 2. The third-order valence-corrected chi connectivity index (χ3v) is 15.9. The lowest BCUT2D eigenvalue weighted by molar-refractivity contribution is 0.280. The van der Waals surface area contributed by atoms with Crippen LogP contribution in [0.5, 0.6) is 23.0 Å². The molecule has 320 valence electrons. The van der Waals surface area contributed by atoms with Crippen molar-refractivity contribution in [3.63, 3.8) is 0 Å². The van der Waals surface area contributed by atoms with Crippen molar-refractivity contribution in [2.75, 3.05) is 38.1 Å². The Labute approximate surface area is 377 Å². The molecule has 4 nitrogen and oxygen atoms in total. The second-order valence-corrected chi connectivity index (χ2v) is 20.2. The van der Waals surface area contributed by atoms with Crippen LogP contribution in [-0.4, -0.2) is 38.1 Å². The maximum Gasteiger partial charge on any atom is 0.126 e. The van der Waals surface area contributed by atoms with Crippen molar-refractivity contribution in [1.82, 2.24) is 0 Å². The first-order chi connectivity index (χ1) is 29.6. The van der Waals surface area contributed by atoms with Crippen LogP contribution in [0.25, 0.3) is 0 Å². The minimum Gasteiger partial charge on any atom is -0.496 e. The maximum atomic E-state index is 7.10. The molecule has 0 amide bonds. The zero-order chi connectivity index (χ0) is 41.0. The summed E-state index contributed by atoms with van der Waals surface area (Å²) in [6.45, 7) is 1.47. The molecule has 12 bridgehead atoms. The molecule has 0 aromatic heterocycles. The van der Waals surface area contributed by atoms with E-state index in [-0.39, 0.29) is 0 Å². The molecule has 4 aromatic carbocycles. The van der Waals surface area contributed by atoms with Crippen molar-refractivity contribution >= 4 is 31.9 Å². The molecule has 0 unspecified atom stereocenters. The summed E-state index contributed by atoms with van der Waals surface area (Å²) < 4.78 is 27.5. The molecule has 60 heavy (non-hydrogen) atoms. The van der Waals surface area contributed by atoms with Crippen molar-refractivity contribution in [2.24, 2.45) is 0 Å². The van der Waals surface area contributed by atoms with Crippen molar-refractivity contribution < 1.29 is 18.9 Å². The average Bonchev–Trinajstić information content (AvgIpc) is 3.21. The summed E-state index contributed by atoms with van der Waals surface area (Å²) in [6, 6.07) is 20.3. The van der Waals surface area contributed by atoms with Gasteiger partial charge in [-0.1, -0.05) is 93.2 Å². The molecule has 6 heteroatoms. The molecule has 0 aliphatic heterocycles. The highest BCUT2D eigenvalue weighted by Crippen LogP contribution is 2.58. The molecule has 5 aliphatic rings. The second kappa shape index (κ2) is 19.6. The van der Waals surface area contributed by atoms with E-state index >= 15 is 0 Å². The Morgan fingerprint density at radius 2 is 0.733 bits per heavy atom. The molecular weight excluding hydrogens is 872 g/mol. The summed E-state index contributed by atoms with van der Waals surface area (Å²) in [5, 5.41) is 2.01. The van der Waals surface area contributed by atoms with Gasteiger partial charge in [0.15, 0.2) is 0 Å². The van der Waals surface area contributed by atoms with Gasteiger partial charge in [0.1, 0.15) is 23.0 Å². The van der Waals surface area contributed by atoms with Crippen LogP contribution >= 0.6 is 31.9 Å². The monoisotopic (exact) mass is 936 g/mol. The smallest absolute Gasteiger partial charge is 0.126 e.